The van der Waals surface area contributed by atoms with E-state index in [-0.39, 0.29) is 17.3 Å². The number of aryl methyl sites for hydroxylation is 1. The van der Waals surface area contributed by atoms with Gasteiger partial charge in [-0.2, -0.15) is 0 Å². The van der Waals surface area contributed by atoms with Crippen LogP contribution in [0.1, 0.15) is 22.1 Å². The number of carbonyl (C=O) groups excluding carboxylic acids is 1. The maximum Gasteiger partial charge on any atom is 0.289 e. The molecule has 1 amide bonds. The summed E-state index contributed by atoms with van der Waals surface area (Å²) in [6.45, 7) is 4.83. The Morgan fingerprint density at radius 3 is 2.59 bits per heavy atom. The number of amides is 1. The third kappa shape index (κ3) is 4.09. The van der Waals surface area contributed by atoms with Gasteiger partial charge in [-0.05, 0) is 42.8 Å². The van der Waals surface area contributed by atoms with Gasteiger partial charge >= 0.3 is 0 Å². The first kappa shape index (κ1) is 20.6. The molecular weight excluding hydrogens is 431 g/mol. The molecule has 0 aliphatic carbocycles. The Morgan fingerprint density at radius 2 is 1.91 bits per heavy atom. The monoisotopic (exact) mass is 452 g/mol. The second kappa shape index (κ2) is 8.33. The van der Waals surface area contributed by atoms with Crippen molar-refractivity contribution in [2.75, 3.05) is 26.2 Å². The van der Waals surface area contributed by atoms with Gasteiger partial charge in [0.1, 0.15) is 22.1 Å². The van der Waals surface area contributed by atoms with Crippen LogP contribution in [0.4, 0.5) is 4.39 Å². The lowest BCUT2D eigenvalue weighted by molar-refractivity contribution is 0.0593. The number of halogens is 1. The lowest BCUT2D eigenvalue weighted by Gasteiger charge is -2.33. The van der Waals surface area contributed by atoms with Crippen molar-refractivity contribution in [2.45, 2.75) is 13.5 Å². The van der Waals surface area contributed by atoms with Gasteiger partial charge in [0.15, 0.2) is 5.76 Å². The second-order valence-electron chi connectivity index (χ2n) is 7.82. The molecule has 1 saturated heterocycles. The molecule has 1 fully saturated rings. The zero-order valence-corrected chi connectivity index (χ0v) is 18.2. The largest absolute Gasteiger partial charge is 0.456 e. The highest BCUT2D eigenvalue weighted by molar-refractivity contribution is 7.22. The Bertz CT molecular complexity index is 1330. The van der Waals surface area contributed by atoms with Gasteiger partial charge in [-0.25, -0.2) is 9.37 Å². The quantitative estimate of drug-likeness (QED) is 0.511. The molecule has 7 nitrogen and oxygen atoms in total. The molecule has 0 atom stereocenters. The van der Waals surface area contributed by atoms with Crippen LogP contribution in [0, 0.1) is 12.7 Å². The molecule has 1 aliphatic heterocycles. The Balaban J connectivity index is 1.28. The number of fused-ring (bicyclic) bond motifs is 1. The van der Waals surface area contributed by atoms with Crippen LogP contribution in [-0.4, -0.2) is 51.9 Å². The van der Waals surface area contributed by atoms with Gasteiger partial charge in [0.05, 0.1) is 12.1 Å². The SMILES string of the molecule is Cc1ccc(C(=O)N2CCN(Cc3nc4cc(-c5ccc(F)cc5)sc4c(=O)[nH]3)CC2)o1. The normalized spacial score (nSPS) is 14.9. The number of H-pyrrole nitrogens is 1. The fourth-order valence-corrected chi connectivity index (χ4v) is 4.84. The van der Waals surface area contributed by atoms with E-state index >= 15 is 0 Å². The average molecular weight is 453 g/mol. The van der Waals surface area contributed by atoms with Crippen molar-refractivity contribution in [3.63, 3.8) is 0 Å². The standard InChI is InChI=1S/C23H21FN4O3S/c1-14-2-7-18(31-14)23(30)28-10-8-27(9-11-28)13-20-25-17-12-19(32-21(17)22(29)26-20)15-3-5-16(24)6-4-15/h2-7,12H,8-11,13H2,1H3,(H,25,26,29). The Morgan fingerprint density at radius 1 is 1.16 bits per heavy atom. The highest BCUT2D eigenvalue weighted by Gasteiger charge is 2.24. The number of aromatic amines is 1. The number of aromatic nitrogens is 2. The molecule has 0 radical (unpaired) electrons. The topological polar surface area (TPSA) is 82.4 Å². The molecular formula is C23H21FN4O3S. The molecule has 0 unspecified atom stereocenters. The zero-order valence-electron chi connectivity index (χ0n) is 17.4. The van der Waals surface area contributed by atoms with Gasteiger partial charge in [-0.1, -0.05) is 12.1 Å². The average Bonchev–Trinajstić information content (AvgIpc) is 3.41. The summed E-state index contributed by atoms with van der Waals surface area (Å²) >= 11 is 1.35. The van der Waals surface area contributed by atoms with E-state index < -0.39 is 0 Å². The summed E-state index contributed by atoms with van der Waals surface area (Å²) in [6.07, 6.45) is 0. The van der Waals surface area contributed by atoms with Gasteiger partial charge in [-0.15, -0.1) is 11.3 Å². The summed E-state index contributed by atoms with van der Waals surface area (Å²) in [6, 6.07) is 11.6. The Hall–Kier alpha value is -3.30. The van der Waals surface area contributed by atoms with Crippen LogP contribution < -0.4 is 5.56 Å². The van der Waals surface area contributed by atoms with E-state index in [1.165, 1.54) is 23.5 Å². The predicted molar refractivity (Wildman–Crippen MR) is 120 cm³/mol. The summed E-state index contributed by atoms with van der Waals surface area (Å²) in [4.78, 5) is 37.5. The van der Waals surface area contributed by atoms with Crippen molar-refractivity contribution >= 4 is 27.5 Å². The number of nitrogens with one attached hydrogen (secondary N) is 1. The van der Waals surface area contributed by atoms with Gasteiger partial charge < -0.3 is 14.3 Å². The molecule has 4 aromatic rings. The van der Waals surface area contributed by atoms with Crippen LogP contribution >= 0.6 is 11.3 Å². The van der Waals surface area contributed by atoms with E-state index in [0.29, 0.717) is 60.3 Å². The van der Waals surface area contributed by atoms with Crippen molar-refractivity contribution in [2.24, 2.45) is 0 Å². The first-order valence-corrected chi connectivity index (χ1v) is 11.1. The van der Waals surface area contributed by atoms with E-state index in [9.17, 15) is 14.0 Å². The number of nitrogens with zero attached hydrogens (tertiary/aromatic N) is 3. The summed E-state index contributed by atoms with van der Waals surface area (Å²) in [7, 11) is 0. The lowest BCUT2D eigenvalue weighted by atomic mass is 10.2. The lowest BCUT2D eigenvalue weighted by Crippen LogP contribution is -2.48. The zero-order chi connectivity index (χ0) is 22.2. The van der Waals surface area contributed by atoms with Crippen LogP contribution in [-0.2, 0) is 6.54 Å². The molecule has 32 heavy (non-hydrogen) atoms. The van der Waals surface area contributed by atoms with Crippen LogP contribution in [0.5, 0.6) is 0 Å². The number of hydrogen-bond donors (Lipinski definition) is 1. The minimum Gasteiger partial charge on any atom is -0.456 e. The fourth-order valence-electron chi connectivity index (χ4n) is 3.85. The van der Waals surface area contributed by atoms with Crippen LogP contribution in [0.25, 0.3) is 20.7 Å². The molecule has 4 heterocycles. The van der Waals surface area contributed by atoms with Gasteiger partial charge in [0.2, 0.25) is 0 Å². The van der Waals surface area contributed by atoms with Crippen LogP contribution in [0.2, 0.25) is 0 Å². The van der Waals surface area contributed by atoms with Crippen LogP contribution in [0.3, 0.4) is 0 Å². The molecule has 9 heteroatoms. The molecule has 164 valence electrons. The Kier molecular flexibility index (Phi) is 5.36. The predicted octanol–water partition coefficient (Wildman–Crippen LogP) is 3.65. The number of benzene rings is 1. The molecule has 5 rings (SSSR count). The van der Waals surface area contributed by atoms with Crippen molar-refractivity contribution in [3.8, 4) is 10.4 Å². The van der Waals surface area contributed by atoms with Gasteiger partial charge in [0, 0.05) is 31.1 Å². The number of furan rings is 1. The minimum absolute atomic E-state index is 0.0997. The number of thiophene rings is 1. The maximum absolute atomic E-state index is 13.2. The van der Waals surface area contributed by atoms with E-state index in [1.807, 2.05) is 13.0 Å². The smallest absolute Gasteiger partial charge is 0.289 e. The first-order valence-electron chi connectivity index (χ1n) is 10.3. The fraction of sp³-hybridized carbons (Fsp3) is 0.261. The maximum atomic E-state index is 13.2. The van der Waals surface area contributed by atoms with Gasteiger partial charge in [0.25, 0.3) is 11.5 Å². The van der Waals surface area contributed by atoms with E-state index in [4.69, 9.17) is 4.42 Å². The summed E-state index contributed by atoms with van der Waals surface area (Å²) in [5.41, 5.74) is 1.31. The summed E-state index contributed by atoms with van der Waals surface area (Å²) < 4.78 is 19.2. The molecule has 1 N–H and O–H groups in total. The van der Waals surface area contributed by atoms with Crippen molar-refractivity contribution in [1.82, 2.24) is 19.8 Å². The van der Waals surface area contributed by atoms with Gasteiger partial charge in [-0.3, -0.25) is 14.5 Å². The van der Waals surface area contributed by atoms with E-state index in [1.54, 1.807) is 29.2 Å². The van der Waals surface area contributed by atoms with Crippen molar-refractivity contribution in [3.05, 3.63) is 76.0 Å². The molecule has 1 aromatic carbocycles. The molecule has 0 saturated carbocycles. The number of carbonyl (C=O) groups is 1. The highest BCUT2D eigenvalue weighted by atomic mass is 32.1. The number of hydrogen-bond acceptors (Lipinski definition) is 6. The molecule has 0 bridgehead atoms. The minimum atomic E-state index is -0.297. The second-order valence-corrected chi connectivity index (χ2v) is 8.88. The first-order chi connectivity index (χ1) is 15.5. The van der Waals surface area contributed by atoms with Crippen molar-refractivity contribution < 1.29 is 13.6 Å². The molecule has 0 spiro atoms. The Labute approximate surface area is 187 Å². The van der Waals surface area contributed by atoms with E-state index in [0.717, 1.165) is 10.4 Å². The summed E-state index contributed by atoms with van der Waals surface area (Å²) in [5.74, 6) is 1.27. The molecule has 3 aromatic heterocycles. The number of rotatable bonds is 4. The van der Waals surface area contributed by atoms with E-state index in [2.05, 4.69) is 14.9 Å². The summed E-state index contributed by atoms with van der Waals surface area (Å²) in [5, 5.41) is 0. The van der Waals surface area contributed by atoms with Crippen LogP contribution in [0.15, 0.2) is 51.7 Å². The third-order valence-corrected chi connectivity index (χ3v) is 6.72. The van der Waals surface area contributed by atoms with Crippen molar-refractivity contribution in [1.29, 1.82) is 0 Å². The highest BCUT2D eigenvalue weighted by Crippen LogP contribution is 2.31. The molecule has 1 aliphatic rings. The third-order valence-electron chi connectivity index (χ3n) is 5.54. The number of piperazine rings is 1.